The summed E-state index contributed by atoms with van der Waals surface area (Å²) >= 11 is 0. The van der Waals surface area contributed by atoms with Crippen molar-refractivity contribution in [3.05, 3.63) is 83.0 Å². The number of aromatic amines is 1. The number of nitrogens with one attached hydrogen (secondary N) is 1. The van der Waals surface area contributed by atoms with Crippen LogP contribution in [0.1, 0.15) is 10.4 Å². The molecule has 162 valence electrons. The summed E-state index contributed by atoms with van der Waals surface area (Å²) in [6.07, 6.45) is 5.31. The van der Waals surface area contributed by atoms with Crippen LogP contribution >= 0.6 is 0 Å². The van der Waals surface area contributed by atoms with Gasteiger partial charge in [-0.1, -0.05) is 6.07 Å². The lowest BCUT2D eigenvalue weighted by Crippen LogP contribution is -2.49. The van der Waals surface area contributed by atoms with Crippen LogP contribution in [-0.4, -0.2) is 68.2 Å². The second kappa shape index (κ2) is 8.76. The summed E-state index contributed by atoms with van der Waals surface area (Å²) in [5, 5.41) is 5.46. The Morgan fingerprint density at radius 2 is 1.84 bits per heavy atom. The van der Waals surface area contributed by atoms with Gasteiger partial charge in [0.1, 0.15) is 0 Å². The Bertz CT molecular complexity index is 1290. The molecule has 1 N–H and O–H groups in total. The molecule has 32 heavy (non-hydrogen) atoms. The average molecular weight is 428 g/mol. The predicted octanol–water partition coefficient (Wildman–Crippen LogP) is 2.24. The van der Waals surface area contributed by atoms with Crippen LogP contribution in [0.2, 0.25) is 0 Å². The lowest BCUT2D eigenvalue weighted by molar-refractivity contribution is 0.0633. The zero-order chi connectivity index (χ0) is 21.9. The maximum atomic E-state index is 13.0. The molecule has 4 heterocycles. The normalized spacial score (nSPS) is 14.7. The summed E-state index contributed by atoms with van der Waals surface area (Å²) in [4.78, 5) is 36.8. The molecular formula is C24H24N6O2. The minimum absolute atomic E-state index is 0.0666. The molecule has 1 aliphatic heterocycles. The highest BCUT2D eigenvalue weighted by Crippen LogP contribution is 2.20. The van der Waals surface area contributed by atoms with Crippen molar-refractivity contribution in [3.63, 3.8) is 0 Å². The number of rotatable bonds is 5. The van der Waals surface area contributed by atoms with Gasteiger partial charge in [-0.3, -0.25) is 19.5 Å². The van der Waals surface area contributed by atoms with E-state index in [4.69, 9.17) is 0 Å². The molecule has 0 spiro atoms. The van der Waals surface area contributed by atoms with Crippen molar-refractivity contribution in [1.29, 1.82) is 0 Å². The van der Waals surface area contributed by atoms with Gasteiger partial charge in [-0.05, 0) is 36.4 Å². The van der Waals surface area contributed by atoms with E-state index in [-0.39, 0.29) is 11.5 Å². The number of benzene rings is 1. The van der Waals surface area contributed by atoms with Crippen LogP contribution in [0, 0.1) is 0 Å². The van der Waals surface area contributed by atoms with Crippen LogP contribution in [0.3, 0.4) is 0 Å². The largest absolute Gasteiger partial charge is 0.361 e. The van der Waals surface area contributed by atoms with Gasteiger partial charge in [-0.25, -0.2) is 4.68 Å². The molecule has 3 aromatic heterocycles. The van der Waals surface area contributed by atoms with Gasteiger partial charge in [0.25, 0.3) is 11.5 Å². The standard InChI is InChI=1S/C24H24N6O2/c31-23-7-6-21(18-3-2-9-25-17-18)27-30(23)16-13-28-11-14-29(15-12-28)24(32)20-4-1-5-22-19(20)8-10-26-22/h1-10,17,26H,11-16H2. The van der Waals surface area contributed by atoms with Crippen molar-refractivity contribution in [2.75, 3.05) is 32.7 Å². The first kappa shape index (κ1) is 20.1. The van der Waals surface area contributed by atoms with E-state index in [9.17, 15) is 9.59 Å². The smallest absolute Gasteiger partial charge is 0.266 e. The number of pyridine rings is 1. The van der Waals surface area contributed by atoms with E-state index in [0.717, 1.165) is 40.8 Å². The first-order valence-corrected chi connectivity index (χ1v) is 10.8. The van der Waals surface area contributed by atoms with E-state index in [1.54, 1.807) is 24.5 Å². The molecule has 5 rings (SSSR count). The summed E-state index contributed by atoms with van der Waals surface area (Å²) in [5.74, 6) is 0.0666. The van der Waals surface area contributed by atoms with Crippen molar-refractivity contribution < 1.29 is 4.79 Å². The Kier molecular flexibility index (Phi) is 5.51. The SMILES string of the molecule is O=C(c1cccc2[nH]ccc12)N1CCN(CCn2nc(-c3cccnc3)ccc2=O)CC1. The summed E-state index contributed by atoms with van der Waals surface area (Å²) in [5.41, 5.74) is 3.20. The molecule has 0 unspecified atom stereocenters. The molecule has 8 nitrogen and oxygen atoms in total. The number of aromatic nitrogens is 4. The van der Waals surface area contributed by atoms with Gasteiger partial charge in [0.15, 0.2) is 0 Å². The fourth-order valence-corrected chi connectivity index (χ4v) is 4.13. The zero-order valence-electron chi connectivity index (χ0n) is 17.6. The Balaban J connectivity index is 1.20. The molecule has 1 aliphatic rings. The fourth-order valence-electron chi connectivity index (χ4n) is 4.13. The molecule has 1 amide bonds. The third-order valence-electron chi connectivity index (χ3n) is 5.94. The number of piperazine rings is 1. The lowest BCUT2D eigenvalue weighted by atomic mass is 10.1. The van der Waals surface area contributed by atoms with Crippen molar-refractivity contribution in [2.45, 2.75) is 6.54 Å². The number of carbonyl (C=O) groups is 1. The van der Waals surface area contributed by atoms with Crippen molar-refractivity contribution in [1.82, 2.24) is 29.5 Å². The summed E-state index contributed by atoms with van der Waals surface area (Å²) < 4.78 is 1.51. The van der Waals surface area contributed by atoms with Gasteiger partial charge in [-0.15, -0.1) is 0 Å². The number of nitrogens with zero attached hydrogens (tertiary/aromatic N) is 5. The highest BCUT2D eigenvalue weighted by Gasteiger charge is 2.23. The highest BCUT2D eigenvalue weighted by molar-refractivity contribution is 6.06. The molecular weight excluding hydrogens is 404 g/mol. The zero-order valence-corrected chi connectivity index (χ0v) is 17.6. The van der Waals surface area contributed by atoms with Crippen LogP contribution < -0.4 is 5.56 Å². The van der Waals surface area contributed by atoms with Crippen LogP contribution in [0.5, 0.6) is 0 Å². The molecule has 1 saturated heterocycles. The minimum Gasteiger partial charge on any atom is -0.361 e. The Morgan fingerprint density at radius 1 is 0.969 bits per heavy atom. The first-order valence-electron chi connectivity index (χ1n) is 10.8. The van der Waals surface area contributed by atoms with Gasteiger partial charge in [-0.2, -0.15) is 5.10 Å². The molecule has 0 bridgehead atoms. The number of hydrogen-bond acceptors (Lipinski definition) is 5. The molecule has 1 fully saturated rings. The molecule has 0 saturated carbocycles. The molecule has 4 aromatic rings. The van der Waals surface area contributed by atoms with Gasteiger partial charge < -0.3 is 9.88 Å². The number of hydrogen-bond donors (Lipinski definition) is 1. The molecule has 0 aliphatic carbocycles. The number of carbonyl (C=O) groups excluding carboxylic acids is 1. The van der Waals surface area contributed by atoms with Crippen LogP contribution in [0.4, 0.5) is 0 Å². The van der Waals surface area contributed by atoms with E-state index < -0.39 is 0 Å². The topological polar surface area (TPSA) is 87.1 Å². The van der Waals surface area contributed by atoms with E-state index >= 15 is 0 Å². The summed E-state index contributed by atoms with van der Waals surface area (Å²) in [6, 6.07) is 14.8. The maximum absolute atomic E-state index is 13.0. The number of H-pyrrole nitrogens is 1. The van der Waals surface area contributed by atoms with Crippen molar-refractivity contribution >= 4 is 16.8 Å². The van der Waals surface area contributed by atoms with Crippen LogP contribution in [0.15, 0.2) is 71.9 Å². The second-order valence-corrected chi connectivity index (χ2v) is 7.90. The van der Waals surface area contributed by atoms with E-state index in [2.05, 4.69) is 20.0 Å². The highest BCUT2D eigenvalue weighted by atomic mass is 16.2. The van der Waals surface area contributed by atoms with Gasteiger partial charge in [0, 0.05) is 79.4 Å². The Hall–Kier alpha value is -3.78. The molecule has 1 aromatic carbocycles. The predicted molar refractivity (Wildman–Crippen MR) is 122 cm³/mol. The van der Waals surface area contributed by atoms with E-state index in [1.807, 2.05) is 47.5 Å². The average Bonchev–Trinajstić information content (AvgIpc) is 3.33. The number of amides is 1. The van der Waals surface area contributed by atoms with Crippen molar-refractivity contribution in [2.24, 2.45) is 0 Å². The molecule has 0 radical (unpaired) electrons. The summed E-state index contributed by atoms with van der Waals surface area (Å²) in [6.45, 7) is 4.08. The quantitative estimate of drug-likeness (QED) is 0.527. The van der Waals surface area contributed by atoms with E-state index in [0.29, 0.717) is 26.2 Å². The van der Waals surface area contributed by atoms with Gasteiger partial charge in [0.2, 0.25) is 0 Å². The first-order chi connectivity index (χ1) is 15.7. The molecule has 8 heteroatoms. The second-order valence-electron chi connectivity index (χ2n) is 7.90. The van der Waals surface area contributed by atoms with Gasteiger partial charge >= 0.3 is 0 Å². The maximum Gasteiger partial charge on any atom is 0.266 e. The third kappa shape index (κ3) is 4.04. The lowest BCUT2D eigenvalue weighted by Gasteiger charge is -2.34. The van der Waals surface area contributed by atoms with E-state index in [1.165, 1.54) is 4.68 Å². The Labute approximate surface area is 185 Å². The van der Waals surface area contributed by atoms with Crippen molar-refractivity contribution in [3.8, 4) is 11.3 Å². The monoisotopic (exact) mass is 428 g/mol. The molecule has 0 atom stereocenters. The summed E-state index contributed by atoms with van der Waals surface area (Å²) in [7, 11) is 0. The van der Waals surface area contributed by atoms with Gasteiger partial charge in [0.05, 0.1) is 12.2 Å². The fraction of sp³-hybridized carbons (Fsp3) is 0.250. The van der Waals surface area contributed by atoms with Crippen LogP contribution in [0.25, 0.3) is 22.2 Å². The minimum atomic E-state index is -0.119. The third-order valence-corrected chi connectivity index (χ3v) is 5.94. The number of fused-ring (bicyclic) bond motifs is 1. The Morgan fingerprint density at radius 3 is 2.66 bits per heavy atom. The van der Waals surface area contributed by atoms with Crippen LogP contribution in [-0.2, 0) is 6.54 Å².